The van der Waals surface area contributed by atoms with Crippen molar-refractivity contribution < 1.29 is 4.92 Å². The molecule has 0 radical (unpaired) electrons. The van der Waals surface area contributed by atoms with Crippen molar-refractivity contribution in [3.63, 3.8) is 0 Å². The number of pyridine rings is 1. The lowest BCUT2D eigenvalue weighted by Gasteiger charge is -2.20. The van der Waals surface area contributed by atoms with Gasteiger partial charge >= 0.3 is 0 Å². The molecule has 0 unspecified atom stereocenters. The van der Waals surface area contributed by atoms with E-state index in [1.807, 2.05) is 24.1 Å². The van der Waals surface area contributed by atoms with Gasteiger partial charge < -0.3 is 10.6 Å². The fourth-order valence-corrected chi connectivity index (χ4v) is 1.97. The van der Waals surface area contributed by atoms with Crippen LogP contribution in [-0.2, 0) is 6.42 Å². The van der Waals surface area contributed by atoms with E-state index in [4.69, 9.17) is 5.73 Å². The molecule has 2 N–H and O–H groups in total. The minimum atomic E-state index is -0.447. The fourth-order valence-electron chi connectivity index (χ4n) is 1.97. The van der Waals surface area contributed by atoms with Gasteiger partial charge in [-0.15, -0.1) is 0 Å². The molecule has 0 aliphatic heterocycles. The zero-order chi connectivity index (χ0) is 14.5. The molecule has 2 aromatic rings. The molecule has 2 rings (SSSR count). The zero-order valence-electron chi connectivity index (χ0n) is 11.2. The van der Waals surface area contributed by atoms with Gasteiger partial charge in [-0.2, -0.15) is 0 Å². The number of anilines is 2. The summed E-state index contributed by atoms with van der Waals surface area (Å²) in [5.41, 5.74) is 8.28. The Balaban J connectivity index is 2.06. The third kappa shape index (κ3) is 3.23. The van der Waals surface area contributed by atoms with Crippen molar-refractivity contribution in [1.29, 1.82) is 0 Å². The summed E-state index contributed by atoms with van der Waals surface area (Å²) in [5.74, 6) is 0. The number of nitrogens with zero attached hydrogens (tertiary/aromatic N) is 3. The summed E-state index contributed by atoms with van der Waals surface area (Å²) in [5, 5.41) is 10.7. The highest BCUT2D eigenvalue weighted by molar-refractivity contribution is 5.70. The number of non-ortho nitro benzene ring substituents is 1. The van der Waals surface area contributed by atoms with E-state index < -0.39 is 4.92 Å². The third-order valence-electron chi connectivity index (χ3n) is 3.12. The molecular formula is C14H16N4O2. The van der Waals surface area contributed by atoms with Crippen LogP contribution in [0.15, 0.2) is 42.7 Å². The highest BCUT2D eigenvalue weighted by atomic mass is 16.6. The number of hydrogen-bond donors (Lipinski definition) is 1. The van der Waals surface area contributed by atoms with E-state index in [9.17, 15) is 10.1 Å². The first-order chi connectivity index (χ1) is 9.58. The molecule has 0 aliphatic rings. The van der Waals surface area contributed by atoms with Crippen LogP contribution in [0.3, 0.4) is 0 Å². The highest BCUT2D eigenvalue weighted by Gasteiger charge is 2.11. The van der Waals surface area contributed by atoms with Gasteiger partial charge in [0.2, 0.25) is 0 Å². The number of nitrogens with two attached hydrogens (primary N) is 1. The molecule has 6 nitrogen and oxygen atoms in total. The van der Waals surface area contributed by atoms with Gasteiger partial charge in [0.1, 0.15) is 0 Å². The zero-order valence-corrected chi connectivity index (χ0v) is 11.2. The van der Waals surface area contributed by atoms with Crippen LogP contribution in [0.4, 0.5) is 17.1 Å². The second-order valence-corrected chi connectivity index (χ2v) is 4.53. The van der Waals surface area contributed by atoms with Gasteiger partial charge in [0.05, 0.1) is 16.3 Å². The summed E-state index contributed by atoms with van der Waals surface area (Å²) in [6, 6.07) is 8.47. The van der Waals surface area contributed by atoms with E-state index >= 15 is 0 Å². The summed E-state index contributed by atoms with van der Waals surface area (Å²) in [6.07, 6.45) is 4.38. The second-order valence-electron chi connectivity index (χ2n) is 4.53. The summed E-state index contributed by atoms with van der Waals surface area (Å²) in [6.45, 7) is 0.770. The van der Waals surface area contributed by atoms with Crippen LogP contribution in [-0.4, -0.2) is 23.5 Å². The number of nitro benzene ring substituents is 1. The molecular weight excluding hydrogens is 256 g/mol. The Morgan fingerprint density at radius 1 is 1.30 bits per heavy atom. The van der Waals surface area contributed by atoms with Gasteiger partial charge in [-0.05, 0) is 30.2 Å². The van der Waals surface area contributed by atoms with Crippen molar-refractivity contribution in [3.05, 3.63) is 58.4 Å². The van der Waals surface area contributed by atoms with Crippen molar-refractivity contribution >= 4 is 17.1 Å². The Morgan fingerprint density at radius 3 is 2.60 bits per heavy atom. The van der Waals surface area contributed by atoms with Gasteiger partial charge in [-0.25, -0.2) is 0 Å². The van der Waals surface area contributed by atoms with Crippen LogP contribution >= 0.6 is 0 Å². The molecule has 1 heterocycles. The molecule has 0 atom stereocenters. The molecule has 20 heavy (non-hydrogen) atoms. The van der Waals surface area contributed by atoms with Gasteiger partial charge in [-0.3, -0.25) is 15.1 Å². The highest BCUT2D eigenvalue weighted by Crippen LogP contribution is 2.26. The second kappa shape index (κ2) is 6.01. The number of hydrogen-bond acceptors (Lipinski definition) is 5. The summed E-state index contributed by atoms with van der Waals surface area (Å²) in [4.78, 5) is 16.2. The van der Waals surface area contributed by atoms with E-state index in [0.29, 0.717) is 5.69 Å². The lowest BCUT2D eigenvalue weighted by atomic mass is 10.1. The summed E-state index contributed by atoms with van der Waals surface area (Å²) >= 11 is 0. The fraction of sp³-hybridized carbons (Fsp3) is 0.214. The number of aromatic nitrogens is 1. The van der Waals surface area contributed by atoms with Crippen LogP contribution in [0.1, 0.15) is 5.56 Å². The number of nitro groups is 1. The van der Waals surface area contributed by atoms with Gasteiger partial charge in [0.15, 0.2) is 0 Å². The molecule has 1 aromatic carbocycles. The number of likely N-dealkylation sites (N-methyl/N-ethyl adjacent to an activating group) is 1. The van der Waals surface area contributed by atoms with Gasteiger partial charge in [0, 0.05) is 38.1 Å². The van der Waals surface area contributed by atoms with Crippen molar-refractivity contribution in [2.24, 2.45) is 0 Å². The minimum Gasteiger partial charge on any atom is -0.397 e. The lowest BCUT2D eigenvalue weighted by molar-refractivity contribution is -0.384. The summed E-state index contributed by atoms with van der Waals surface area (Å²) < 4.78 is 0. The van der Waals surface area contributed by atoms with Crippen molar-refractivity contribution in [3.8, 4) is 0 Å². The van der Waals surface area contributed by atoms with Crippen LogP contribution in [0.25, 0.3) is 0 Å². The molecule has 0 fully saturated rings. The maximum absolute atomic E-state index is 10.7. The maximum atomic E-state index is 10.7. The first kappa shape index (κ1) is 13.8. The quantitative estimate of drug-likeness (QED) is 0.512. The predicted molar refractivity (Wildman–Crippen MR) is 78.7 cm³/mol. The Bertz CT molecular complexity index is 601. The molecule has 1 aromatic heterocycles. The molecule has 6 heteroatoms. The number of rotatable bonds is 5. The minimum absolute atomic E-state index is 0.00813. The molecule has 0 saturated heterocycles. The predicted octanol–water partition coefficient (Wildman–Crippen LogP) is 2.25. The SMILES string of the molecule is CN(CCc1ccncc1)c1ccc([N+](=O)[O-])cc1N. The van der Waals surface area contributed by atoms with Crippen LogP contribution in [0.2, 0.25) is 0 Å². The molecule has 0 saturated carbocycles. The van der Waals surface area contributed by atoms with E-state index in [0.717, 1.165) is 18.7 Å². The Kier molecular flexibility index (Phi) is 4.14. The van der Waals surface area contributed by atoms with Gasteiger partial charge in [-0.1, -0.05) is 0 Å². The number of benzene rings is 1. The average molecular weight is 272 g/mol. The van der Waals surface area contributed by atoms with Crippen molar-refractivity contribution in [2.75, 3.05) is 24.2 Å². The Morgan fingerprint density at radius 2 is 2.00 bits per heavy atom. The molecule has 0 aliphatic carbocycles. The summed E-state index contributed by atoms with van der Waals surface area (Å²) in [7, 11) is 1.92. The maximum Gasteiger partial charge on any atom is 0.271 e. The smallest absolute Gasteiger partial charge is 0.271 e. The van der Waals surface area contributed by atoms with E-state index in [-0.39, 0.29) is 5.69 Å². The Labute approximate surface area is 117 Å². The normalized spacial score (nSPS) is 10.2. The first-order valence-corrected chi connectivity index (χ1v) is 6.22. The largest absolute Gasteiger partial charge is 0.397 e. The van der Waals surface area contributed by atoms with E-state index in [1.165, 1.54) is 17.7 Å². The molecule has 0 bridgehead atoms. The number of nitrogen functional groups attached to an aromatic ring is 1. The van der Waals surface area contributed by atoms with Crippen LogP contribution in [0, 0.1) is 10.1 Å². The van der Waals surface area contributed by atoms with Crippen LogP contribution in [0.5, 0.6) is 0 Å². The van der Waals surface area contributed by atoms with Gasteiger partial charge in [0.25, 0.3) is 5.69 Å². The van der Waals surface area contributed by atoms with Crippen molar-refractivity contribution in [2.45, 2.75) is 6.42 Å². The topological polar surface area (TPSA) is 85.3 Å². The van der Waals surface area contributed by atoms with E-state index in [1.54, 1.807) is 18.5 Å². The van der Waals surface area contributed by atoms with E-state index in [2.05, 4.69) is 4.98 Å². The average Bonchev–Trinajstić information content (AvgIpc) is 2.45. The molecule has 0 spiro atoms. The first-order valence-electron chi connectivity index (χ1n) is 6.22. The Hall–Kier alpha value is -2.63. The lowest BCUT2D eigenvalue weighted by Crippen LogP contribution is -2.21. The molecule has 104 valence electrons. The monoisotopic (exact) mass is 272 g/mol. The molecule has 0 amide bonds. The third-order valence-corrected chi connectivity index (χ3v) is 3.12. The van der Waals surface area contributed by atoms with Crippen LogP contribution < -0.4 is 10.6 Å². The van der Waals surface area contributed by atoms with Crippen molar-refractivity contribution in [1.82, 2.24) is 4.98 Å². The standard InChI is InChI=1S/C14H16N4O2/c1-17(9-6-11-4-7-16-8-5-11)14-3-2-12(18(19)20)10-13(14)15/h2-5,7-8,10H,6,9,15H2,1H3.